The van der Waals surface area contributed by atoms with Crippen LogP contribution in [0.4, 0.5) is 0 Å². The van der Waals surface area contributed by atoms with Crippen molar-refractivity contribution in [3.8, 4) is 0 Å². The van der Waals surface area contributed by atoms with Crippen LogP contribution in [0, 0.1) is 28.6 Å². The molecule has 4 aliphatic rings. The highest BCUT2D eigenvalue weighted by atomic mass is 16.3. The largest absolute Gasteiger partial charge is 0.393 e. The third-order valence-electron chi connectivity index (χ3n) is 8.00. The Balaban J connectivity index is 1.73. The Kier molecular flexibility index (Phi) is 3.24. The maximum Gasteiger partial charge on any atom is 0.0596 e. The third-order valence-corrected chi connectivity index (χ3v) is 8.00. The highest BCUT2D eigenvalue weighted by molar-refractivity contribution is 5.37. The second kappa shape index (κ2) is 4.84. The van der Waals surface area contributed by atoms with Gasteiger partial charge in [-0.3, -0.25) is 0 Å². The minimum absolute atomic E-state index is 0.0683. The fourth-order valence-electron chi connectivity index (χ4n) is 6.72. The van der Waals surface area contributed by atoms with Crippen molar-refractivity contribution in [3.05, 3.63) is 36.5 Å². The van der Waals surface area contributed by atoms with Gasteiger partial charge in [0.15, 0.2) is 0 Å². The topological polar surface area (TPSA) is 20.2 Å². The van der Waals surface area contributed by atoms with Crippen LogP contribution in [-0.4, -0.2) is 11.2 Å². The molecule has 0 heterocycles. The molecule has 0 unspecified atom stereocenters. The zero-order valence-corrected chi connectivity index (χ0v) is 14.0. The van der Waals surface area contributed by atoms with E-state index in [2.05, 4.69) is 32.2 Å². The van der Waals surface area contributed by atoms with E-state index in [1.165, 1.54) is 44.1 Å². The molecule has 0 saturated heterocycles. The lowest BCUT2D eigenvalue weighted by Gasteiger charge is -2.58. The Bertz CT molecular complexity index is 544. The van der Waals surface area contributed by atoms with Gasteiger partial charge in [-0.05, 0) is 74.5 Å². The molecular weight excluding hydrogens is 268 g/mol. The van der Waals surface area contributed by atoms with Crippen LogP contribution < -0.4 is 0 Å². The van der Waals surface area contributed by atoms with Crippen LogP contribution >= 0.6 is 0 Å². The molecule has 0 aliphatic heterocycles. The number of hydrogen-bond acceptors (Lipinski definition) is 1. The molecule has 0 spiro atoms. The van der Waals surface area contributed by atoms with E-state index in [1.807, 2.05) is 0 Å². The molecular formula is C21H30O. The Labute approximate surface area is 135 Å². The van der Waals surface area contributed by atoms with Crippen molar-refractivity contribution >= 4 is 0 Å². The van der Waals surface area contributed by atoms with E-state index >= 15 is 0 Å². The summed E-state index contributed by atoms with van der Waals surface area (Å²) in [6, 6.07) is 0. The van der Waals surface area contributed by atoms with Crippen LogP contribution in [0.1, 0.15) is 58.3 Å². The summed E-state index contributed by atoms with van der Waals surface area (Å²) in [5.74, 6) is 2.27. The molecule has 1 N–H and O–H groups in total. The summed E-state index contributed by atoms with van der Waals surface area (Å²) in [6.07, 6.45) is 14.2. The van der Waals surface area contributed by atoms with Crippen molar-refractivity contribution in [2.45, 2.75) is 64.4 Å². The quantitative estimate of drug-likeness (QED) is 0.673. The van der Waals surface area contributed by atoms with Crippen molar-refractivity contribution in [2.24, 2.45) is 28.6 Å². The van der Waals surface area contributed by atoms with Gasteiger partial charge in [-0.15, -0.1) is 6.58 Å². The highest BCUT2D eigenvalue weighted by Gasteiger charge is 2.59. The first-order valence-electron chi connectivity index (χ1n) is 9.22. The average molecular weight is 298 g/mol. The molecule has 1 heteroatoms. The highest BCUT2D eigenvalue weighted by Crippen LogP contribution is 2.65. The SMILES string of the molecule is C=C[C@]12CCC(=C)C=C1CC[C@H]1[C@@H]3CC[C@H](O)[C@@]3(C)CC[C@@H]12. The first-order chi connectivity index (χ1) is 10.5. The maximum atomic E-state index is 10.5. The lowest BCUT2D eigenvalue weighted by Crippen LogP contribution is -2.51. The fourth-order valence-corrected chi connectivity index (χ4v) is 6.72. The second-order valence-electron chi connectivity index (χ2n) is 8.63. The van der Waals surface area contributed by atoms with Crippen LogP contribution in [0.3, 0.4) is 0 Å². The van der Waals surface area contributed by atoms with Gasteiger partial charge in [0.05, 0.1) is 6.10 Å². The summed E-state index contributed by atoms with van der Waals surface area (Å²) in [7, 11) is 0. The van der Waals surface area contributed by atoms with Crippen LogP contribution in [0.5, 0.6) is 0 Å². The lowest BCUT2D eigenvalue weighted by atomic mass is 9.47. The third kappa shape index (κ3) is 1.75. The van der Waals surface area contributed by atoms with Gasteiger partial charge in [-0.2, -0.15) is 0 Å². The predicted octanol–water partition coefficient (Wildman–Crippen LogP) is 5.03. The number of fused-ring (bicyclic) bond motifs is 5. The Hall–Kier alpha value is -0.820. The van der Waals surface area contributed by atoms with Crippen molar-refractivity contribution in [3.63, 3.8) is 0 Å². The summed E-state index contributed by atoms with van der Waals surface area (Å²) in [4.78, 5) is 0. The first kappa shape index (κ1) is 14.8. The number of hydrogen-bond donors (Lipinski definition) is 1. The normalized spacial score (nSPS) is 50.6. The molecule has 0 radical (unpaired) electrons. The van der Waals surface area contributed by atoms with Crippen molar-refractivity contribution in [1.29, 1.82) is 0 Å². The predicted molar refractivity (Wildman–Crippen MR) is 91.4 cm³/mol. The first-order valence-corrected chi connectivity index (χ1v) is 9.22. The van der Waals surface area contributed by atoms with E-state index in [0.717, 1.165) is 30.6 Å². The van der Waals surface area contributed by atoms with E-state index in [9.17, 15) is 5.11 Å². The molecule has 0 aromatic rings. The smallest absolute Gasteiger partial charge is 0.0596 e. The summed E-state index contributed by atoms with van der Waals surface area (Å²) >= 11 is 0. The number of aliphatic hydroxyl groups excluding tert-OH is 1. The van der Waals surface area contributed by atoms with Gasteiger partial charge in [0, 0.05) is 5.41 Å². The van der Waals surface area contributed by atoms with E-state index < -0.39 is 0 Å². The van der Waals surface area contributed by atoms with E-state index in [4.69, 9.17) is 0 Å². The van der Waals surface area contributed by atoms with Crippen LogP contribution in [0.2, 0.25) is 0 Å². The van der Waals surface area contributed by atoms with E-state index in [1.54, 1.807) is 5.57 Å². The molecule has 0 aromatic carbocycles. The van der Waals surface area contributed by atoms with Gasteiger partial charge in [-0.1, -0.05) is 36.8 Å². The van der Waals surface area contributed by atoms with Crippen molar-refractivity contribution in [2.75, 3.05) is 0 Å². The zero-order valence-electron chi connectivity index (χ0n) is 14.0. The molecule has 22 heavy (non-hydrogen) atoms. The molecule has 3 saturated carbocycles. The summed E-state index contributed by atoms with van der Waals surface area (Å²) < 4.78 is 0. The van der Waals surface area contributed by atoms with Crippen molar-refractivity contribution < 1.29 is 5.11 Å². The van der Waals surface area contributed by atoms with Gasteiger partial charge in [-0.25, -0.2) is 0 Å². The standard InChI is InChI=1S/C21H30O/c1-4-21-12-9-14(2)13-15(21)5-6-16-17-7-8-19(22)20(17,3)11-10-18(16)21/h4,13,16-19,22H,1-2,5-12H2,3H3/t16-,17-,18-,19-,20-,21-/m0/s1. The van der Waals surface area contributed by atoms with Gasteiger partial charge in [0.25, 0.3) is 0 Å². The summed E-state index contributed by atoms with van der Waals surface area (Å²) in [6.45, 7) is 10.8. The second-order valence-corrected chi connectivity index (χ2v) is 8.63. The van der Waals surface area contributed by atoms with E-state index in [0.29, 0.717) is 0 Å². The van der Waals surface area contributed by atoms with E-state index in [-0.39, 0.29) is 16.9 Å². The number of aliphatic hydroxyl groups is 1. The summed E-state index contributed by atoms with van der Waals surface area (Å²) in [5.41, 5.74) is 3.34. The van der Waals surface area contributed by atoms with Gasteiger partial charge in [0.2, 0.25) is 0 Å². The molecule has 120 valence electrons. The Morgan fingerprint density at radius 3 is 2.73 bits per heavy atom. The van der Waals surface area contributed by atoms with Crippen molar-refractivity contribution in [1.82, 2.24) is 0 Å². The molecule has 0 bridgehead atoms. The molecule has 3 fully saturated rings. The minimum atomic E-state index is -0.0683. The average Bonchev–Trinajstić information content (AvgIpc) is 2.82. The Morgan fingerprint density at radius 2 is 1.95 bits per heavy atom. The Morgan fingerprint density at radius 1 is 1.14 bits per heavy atom. The molecule has 4 aliphatic carbocycles. The molecule has 0 amide bonds. The lowest BCUT2D eigenvalue weighted by molar-refractivity contribution is -0.0663. The van der Waals surface area contributed by atoms with Gasteiger partial charge < -0.3 is 5.11 Å². The van der Waals surface area contributed by atoms with Gasteiger partial charge in [0.1, 0.15) is 0 Å². The summed E-state index contributed by atoms with van der Waals surface area (Å²) in [5, 5.41) is 10.5. The molecule has 0 aromatic heterocycles. The number of allylic oxidation sites excluding steroid dienone is 4. The van der Waals surface area contributed by atoms with Gasteiger partial charge >= 0.3 is 0 Å². The van der Waals surface area contributed by atoms with Crippen LogP contribution in [-0.2, 0) is 0 Å². The maximum absolute atomic E-state index is 10.5. The minimum Gasteiger partial charge on any atom is -0.393 e. The fraction of sp³-hybridized carbons (Fsp3) is 0.714. The number of rotatable bonds is 1. The molecule has 4 rings (SSSR count). The van der Waals surface area contributed by atoms with Crippen LogP contribution in [0.25, 0.3) is 0 Å². The molecule has 6 atom stereocenters. The zero-order chi connectivity index (χ0) is 15.5. The molecule has 1 nitrogen and oxygen atoms in total. The van der Waals surface area contributed by atoms with Crippen LogP contribution in [0.15, 0.2) is 36.5 Å². The monoisotopic (exact) mass is 298 g/mol.